The number of carbonyl (C=O) groups excluding carboxylic acids is 2. The number of imide groups is 1. The lowest BCUT2D eigenvalue weighted by atomic mass is 10.2. The van der Waals surface area contributed by atoms with Gasteiger partial charge in [0.2, 0.25) is 12.2 Å². The molecule has 6 nitrogen and oxygen atoms in total. The fraction of sp³-hybridized carbons (Fsp3) is 0.600. The third-order valence-electron chi connectivity index (χ3n) is 2.47. The zero-order valence-electron chi connectivity index (χ0n) is 9.43. The fourth-order valence-corrected chi connectivity index (χ4v) is 1.56. The summed E-state index contributed by atoms with van der Waals surface area (Å²) in [7, 11) is 1.55. The Bertz CT molecular complexity index is 321. The van der Waals surface area contributed by atoms with Gasteiger partial charge in [0.1, 0.15) is 6.23 Å². The van der Waals surface area contributed by atoms with Crippen molar-refractivity contribution in [3.8, 4) is 0 Å². The molecule has 1 aliphatic heterocycles. The Morgan fingerprint density at radius 3 is 2.88 bits per heavy atom. The van der Waals surface area contributed by atoms with Gasteiger partial charge >= 0.3 is 0 Å². The molecular weight excluding hydrogens is 231 g/mol. The first kappa shape index (κ1) is 13.6. The summed E-state index contributed by atoms with van der Waals surface area (Å²) in [5.74, 6) is -2.17. The van der Waals surface area contributed by atoms with Crippen LogP contribution in [0.2, 0.25) is 0 Å². The van der Waals surface area contributed by atoms with Gasteiger partial charge in [-0.15, -0.1) is 0 Å². The van der Waals surface area contributed by atoms with Gasteiger partial charge in [0.15, 0.2) is 0 Å². The van der Waals surface area contributed by atoms with Crippen LogP contribution in [0.15, 0.2) is 12.0 Å². The van der Waals surface area contributed by atoms with Gasteiger partial charge in [-0.25, -0.2) is 0 Å². The van der Waals surface area contributed by atoms with Gasteiger partial charge in [0.05, 0.1) is 12.7 Å². The van der Waals surface area contributed by atoms with Crippen molar-refractivity contribution in [3.05, 3.63) is 12.0 Å². The minimum Gasteiger partial charge on any atom is -0.394 e. The molecule has 1 heterocycles. The van der Waals surface area contributed by atoms with E-state index in [0.717, 1.165) is 6.20 Å². The SMILES string of the molecule is CN(/C=C(/F)C(=O)NC=O)C1CCC(CO)O1. The third kappa shape index (κ3) is 3.79. The second-order valence-electron chi connectivity index (χ2n) is 3.71. The number of hydrogen-bond acceptors (Lipinski definition) is 5. The van der Waals surface area contributed by atoms with Crippen molar-refractivity contribution in [2.75, 3.05) is 13.7 Å². The van der Waals surface area contributed by atoms with Gasteiger partial charge in [0.25, 0.3) is 5.91 Å². The topological polar surface area (TPSA) is 78.9 Å². The summed E-state index contributed by atoms with van der Waals surface area (Å²) in [6.07, 6.45) is 1.78. The van der Waals surface area contributed by atoms with E-state index in [0.29, 0.717) is 12.8 Å². The van der Waals surface area contributed by atoms with Gasteiger partial charge in [-0.1, -0.05) is 0 Å². The van der Waals surface area contributed by atoms with Crippen LogP contribution in [0.4, 0.5) is 4.39 Å². The molecule has 0 bridgehead atoms. The first-order chi connectivity index (χ1) is 8.08. The highest BCUT2D eigenvalue weighted by atomic mass is 19.1. The molecule has 1 saturated heterocycles. The molecule has 17 heavy (non-hydrogen) atoms. The molecule has 2 amide bonds. The average Bonchev–Trinajstić information content (AvgIpc) is 2.77. The zero-order valence-corrected chi connectivity index (χ0v) is 9.43. The van der Waals surface area contributed by atoms with Gasteiger partial charge in [0, 0.05) is 13.2 Å². The van der Waals surface area contributed by atoms with Crippen LogP contribution in [0.3, 0.4) is 0 Å². The highest BCUT2D eigenvalue weighted by Gasteiger charge is 2.27. The normalized spacial score (nSPS) is 24.5. The highest BCUT2D eigenvalue weighted by Crippen LogP contribution is 2.22. The second-order valence-corrected chi connectivity index (χ2v) is 3.71. The lowest BCUT2D eigenvalue weighted by Gasteiger charge is -2.22. The molecule has 0 aromatic rings. The van der Waals surface area contributed by atoms with Crippen LogP contribution in [0.5, 0.6) is 0 Å². The van der Waals surface area contributed by atoms with Crippen molar-refractivity contribution in [2.24, 2.45) is 0 Å². The van der Waals surface area contributed by atoms with Crippen LogP contribution < -0.4 is 5.32 Å². The maximum atomic E-state index is 13.2. The summed E-state index contributed by atoms with van der Waals surface area (Å²) < 4.78 is 18.6. The van der Waals surface area contributed by atoms with E-state index in [-0.39, 0.29) is 25.3 Å². The van der Waals surface area contributed by atoms with Crippen molar-refractivity contribution in [1.29, 1.82) is 0 Å². The lowest BCUT2D eigenvalue weighted by molar-refractivity contribution is -0.123. The molecule has 0 spiro atoms. The Morgan fingerprint density at radius 1 is 1.65 bits per heavy atom. The maximum Gasteiger partial charge on any atom is 0.287 e. The van der Waals surface area contributed by atoms with E-state index >= 15 is 0 Å². The van der Waals surface area contributed by atoms with Crippen molar-refractivity contribution in [1.82, 2.24) is 10.2 Å². The van der Waals surface area contributed by atoms with Gasteiger partial charge in [-0.3, -0.25) is 14.9 Å². The fourth-order valence-electron chi connectivity index (χ4n) is 1.56. The van der Waals surface area contributed by atoms with Gasteiger partial charge in [-0.2, -0.15) is 4.39 Å². The van der Waals surface area contributed by atoms with E-state index in [2.05, 4.69) is 0 Å². The molecule has 1 aliphatic rings. The first-order valence-corrected chi connectivity index (χ1v) is 5.18. The average molecular weight is 246 g/mol. The van der Waals surface area contributed by atoms with E-state index in [1.807, 2.05) is 0 Å². The van der Waals surface area contributed by atoms with Crippen LogP contribution in [0.25, 0.3) is 0 Å². The Balaban J connectivity index is 2.53. The van der Waals surface area contributed by atoms with E-state index in [4.69, 9.17) is 9.84 Å². The van der Waals surface area contributed by atoms with Crippen molar-refractivity contribution in [2.45, 2.75) is 25.2 Å². The summed E-state index contributed by atoms with van der Waals surface area (Å²) in [6, 6.07) is 0. The van der Waals surface area contributed by atoms with Crippen molar-refractivity contribution in [3.63, 3.8) is 0 Å². The summed E-state index contributed by atoms with van der Waals surface area (Å²) >= 11 is 0. The molecule has 0 radical (unpaired) electrons. The third-order valence-corrected chi connectivity index (χ3v) is 2.47. The van der Waals surface area contributed by atoms with E-state index in [9.17, 15) is 14.0 Å². The summed E-state index contributed by atoms with van der Waals surface area (Å²) in [6.45, 7) is -0.0812. The van der Waals surface area contributed by atoms with E-state index < -0.39 is 11.7 Å². The van der Waals surface area contributed by atoms with Crippen LogP contribution in [0.1, 0.15) is 12.8 Å². The number of halogens is 1. The number of aliphatic hydroxyl groups excluding tert-OH is 1. The minimum absolute atomic E-state index is 0.0812. The molecule has 2 atom stereocenters. The van der Waals surface area contributed by atoms with Gasteiger partial charge in [-0.05, 0) is 12.8 Å². The lowest BCUT2D eigenvalue weighted by Crippen LogP contribution is -2.30. The second kappa shape index (κ2) is 6.31. The molecule has 0 aromatic heterocycles. The smallest absolute Gasteiger partial charge is 0.287 e. The molecule has 2 N–H and O–H groups in total. The first-order valence-electron chi connectivity index (χ1n) is 5.18. The number of nitrogens with zero attached hydrogens (tertiary/aromatic N) is 1. The molecule has 0 aliphatic carbocycles. The Hall–Kier alpha value is -1.47. The molecule has 7 heteroatoms. The standard InChI is InChI=1S/C10H15FN2O4/c1-13(4-8(11)10(16)12-6-15)9-3-2-7(5-14)17-9/h4,6-7,9,14H,2-3,5H2,1H3,(H,12,15,16)/b8-4+. The Morgan fingerprint density at radius 2 is 2.35 bits per heavy atom. The van der Waals surface area contributed by atoms with E-state index in [1.165, 1.54) is 4.90 Å². The Labute approximate surface area is 98.0 Å². The van der Waals surface area contributed by atoms with Crippen molar-refractivity contribution >= 4 is 12.3 Å². The molecule has 1 fully saturated rings. The summed E-state index contributed by atoms with van der Waals surface area (Å²) in [4.78, 5) is 22.3. The van der Waals surface area contributed by atoms with Crippen LogP contribution in [0, 0.1) is 0 Å². The largest absolute Gasteiger partial charge is 0.394 e. The molecule has 0 aromatic carbocycles. The minimum atomic E-state index is -1.09. The number of carbonyl (C=O) groups is 2. The van der Waals surface area contributed by atoms with Gasteiger partial charge < -0.3 is 14.7 Å². The number of rotatable bonds is 5. The van der Waals surface area contributed by atoms with Crippen LogP contribution in [-0.4, -0.2) is 48.3 Å². The number of ether oxygens (including phenoxy) is 1. The van der Waals surface area contributed by atoms with Crippen LogP contribution >= 0.6 is 0 Å². The number of aliphatic hydroxyl groups is 1. The molecule has 96 valence electrons. The summed E-state index contributed by atoms with van der Waals surface area (Å²) in [5, 5.41) is 10.6. The van der Waals surface area contributed by atoms with Crippen LogP contribution in [-0.2, 0) is 14.3 Å². The highest BCUT2D eigenvalue weighted by molar-refractivity contribution is 5.97. The molecule has 2 unspecified atom stereocenters. The number of nitrogens with one attached hydrogen (secondary N) is 1. The monoisotopic (exact) mass is 246 g/mol. The zero-order chi connectivity index (χ0) is 12.8. The number of hydrogen-bond donors (Lipinski definition) is 2. The molecular formula is C10H15FN2O4. The quantitative estimate of drug-likeness (QED) is 0.505. The van der Waals surface area contributed by atoms with Crippen molar-refractivity contribution < 1.29 is 23.8 Å². The number of amides is 2. The molecule has 1 rings (SSSR count). The predicted octanol–water partition coefficient (Wildman–Crippen LogP) is -0.501. The Kier molecular flexibility index (Phi) is 5.05. The molecule has 0 saturated carbocycles. The van der Waals surface area contributed by atoms with E-state index in [1.54, 1.807) is 12.4 Å². The predicted molar refractivity (Wildman–Crippen MR) is 56.1 cm³/mol. The maximum absolute atomic E-state index is 13.2. The summed E-state index contributed by atoms with van der Waals surface area (Å²) in [5.41, 5.74) is 0.